The van der Waals surface area contributed by atoms with Crippen molar-refractivity contribution in [1.29, 1.82) is 0 Å². The molecular formula is C28H21Cl3N2O3S. The van der Waals surface area contributed by atoms with Crippen LogP contribution in [0, 0.1) is 0 Å². The first-order valence-electron chi connectivity index (χ1n) is 11.1. The van der Waals surface area contributed by atoms with Gasteiger partial charge in [-0.15, -0.1) is 11.8 Å². The first-order chi connectivity index (χ1) is 17.8. The maximum atomic E-state index is 13.3. The molecule has 2 amide bonds. The van der Waals surface area contributed by atoms with Crippen molar-refractivity contribution in [3.63, 3.8) is 0 Å². The molecular weight excluding hydrogens is 551 g/mol. The highest BCUT2D eigenvalue weighted by Crippen LogP contribution is 2.37. The van der Waals surface area contributed by atoms with Crippen molar-refractivity contribution in [3.05, 3.63) is 117 Å². The number of thioether (sulfide) groups is 1. The largest absolute Gasteiger partial charge is 0.495 e. The minimum atomic E-state index is -0.532. The molecule has 0 fully saturated rings. The number of benzene rings is 4. The fourth-order valence-corrected chi connectivity index (χ4v) is 5.25. The Bertz CT molecular complexity index is 1420. The number of hydrogen-bond acceptors (Lipinski definition) is 4. The quantitative estimate of drug-likeness (QED) is 0.208. The van der Waals surface area contributed by atoms with Crippen LogP contribution < -0.4 is 15.4 Å². The summed E-state index contributed by atoms with van der Waals surface area (Å²) in [5.41, 5.74) is 2.33. The highest BCUT2D eigenvalue weighted by molar-refractivity contribution is 8.00. The van der Waals surface area contributed by atoms with E-state index < -0.39 is 5.25 Å². The average molecular weight is 572 g/mol. The molecule has 0 aliphatic heterocycles. The molecule has 0 radical (unpaired) electrons. The Balaban J connectivity index is 1.49. The Labute approximate surface area is 234 Å². The monoisotopic (exact) mass is 570 g/mol. The van der Waals surface area contributed by atoms with Crippen molar-refractivity contribution in [2.24, 2.45) is 0 Å². The molecule has 0 saturated carbocycles. The van der Waals surface area contributed by atoms with Gasteiger partial charge in [-0.05, 0) is 66.2 Å². The molecule has 1 unspecified atom stereocenters. The highest BCUT2D eigenvalue weighted by atomic mass is 35.5. The minimum absolute atomic E-state index is 0.202. The van der Waals surface area contributed by atoms with Gasteiger partial charge in [-0.3, -0.25) is 9.59 Å². The molecule has 2 N–H and O–H groups in total. The molecule has 5 nitrogen and oxygen atoms in total. The van der Waals surface area contributed by atoms with Crippen LogP contribution in [0.2, 0.25) is 15.1 Å². The third-order valence-electron chi connectivity index (χ3n) is 5.30. The third kappa shape index (κ3) is 6.99. The highest BCUT2D eigenvalue weighted by Gasteiger charge is 2.23. The number of hydrogen-bond donors (Lipinski definition) is 2. The zero-order chi connectivity index (χ0) is 26.4. The number of halogens is 3. The SMILES string of the molecule is COc1ccc(NC(=O)C(Sc2ccc(NC(=O)c3ccc(Cl)cc3Cl)cc2)c2ccccc2)cc1Cl. The molecule has 0 heterocycles. The second-order valence-electron chi connectivity index (χ2n) is 7.85. The number of nitrogens with one attached hydrogen (secondary N) is 2. The summed E-state index contributed by atoms with van der Waals surface area (Å²) in [7, 11) is 1.53. The Morgan fingerprint density at radius 1 is 0.784 bits per heavy atom. The van der Waals surface area contributed by atoms with Crippen molar-refractivity contribution in [2.75, 3.05) is 17.7 Å². The van der Waals surface area contributed by atoms with Crippen LogP contribution in [0.25, 0.3) is 0 Å². The molecule has 0 spiro atoms. The molecule has 0 aromatic heterocycles. The normalized spacial score (nSPS) is 11.5. The predicted octanol–water partition coefficient (Wildman–Crippen LogP) is 8.38. The van der Waals surface area contributed by atoms with Gasteiger partial charge in [0.1, 0.15) is 11.0 Å². The van der Waals surface area contributed by atoms with Crippen molar-refractivity contribution in [1.82, 2.24) is 0 Å². The fraction of sp³-hybridized carbons (Fsp3) is 0.0714. The first kappa shape index (κ1) is 26.9. The second-order valence-corrected chi connectivity index (χ2v) is 10.3. The lowest BCUT2D eigenvalue weighted by Gasteiger charge is -2.18. The third-order valence-corrected chi connectivity index (χ3v) is 7.41. The number of ether oxygens (including phenoxy) is 1. The number of rotatable bonds is 8. The van der Waals surface area contributed by atoms with Crippen molar-refractivity contribution < 1.29 is 14.3 Å². The number of methoxy groups -OCH3 is 1. The van der Waals surface area contributed by atoms with Crippen LogP contribution in [0.3, 0.4) is 0 Å². The lowest BCUT2D eigenvalue weighted by atomic mass is 10.1. The lowest BCUT2D eigenvalue weighted by Crippen LogP contribution is -2.19. The summed E-state index contributed by atoms with van der Waals surface area (Å²) in [4.78, 5) is 26.8. The van der Waals surface area contributed by atoms with Gasteiger partial charge in [-0.1, -0.05) is 65.1 Å². The second kappa shape index (κ2) is 12.4. The Hall–Kier alpha value is -3.16. The van der Waals surface area contributed by atoms with E-state index in [1.165, 1.54) is 24.9 Å². The number of anilines is 2. The van der Waals surface area contributed by atoms with Crippen LogP contribution in [0.15, 0.2) is 95.9 Å². The van der Waals surface area contributed by atoms with Gasteiger partial charge in [-0.2, -0.15) is 0 Å². The van der Waals surface area contributed by atoms with Crippen LogP contribution in [-0.2, 0) is 4.79 Å². The van der Waals surface area contributed by atoms with Crippen LogP contribution in [0.5, 0.6) is 5.75 Å². The molecule has 37 heavy (non-hydrogen) atoms. The smallest absolute Gasteiger partial charge is 0.257 e. The Kier molecular flexibility index (Phi) is 9.00. The van der Waals surface area contributed by atoms with E-state index in [2.05, 4.69) is 10.6 Å². The summed E-state index contributed by atoms with van der Waals surface area (Å²) in [6.45, 7) is 0. The van der Waals surface area contributed by atoms with Gasteiger partial charge in [0.05, 0.1) is 22.7 Å². The van der Waals surface area contributed by atoms with E-state index in [4.69, 9.17) is 39.5 Å². The summed E-state index contributed by atoms with van der Waals surface area (Å²) in [6, 6.07) is 26.5. The summed E-state index contributed by atoms with van der Waals surface area (Å²) in [5, 5.41) is 6.36. The fourth-order valence-electron chi connectivity index (χ4n) is 3.48. The number of carbonyl (C=O) groups is 2. The summed E-state index contributed by atoms with van der Waals surface area (Å²) in [5.74, 6) is -0.0203. The van der Waals surface area contributed by atoms with E-state index in [0.717, 1.165) is 10.5 Å². The van der Waals surface area contributed by atoms with Crippen molar-refractivity contribution in [3.8, 4) is 5.75 Å². The van der Waals surface area contributed by atoms with Crippen LogP contribution >= 0.6 is 46.6 Å². The molecule has 0 saturated heterocycles. The maximum absolute atomic E-state index is 13.3. The number of carbonyl (C=O) groups excluding carboxylic acids is 2. The zero-order valence-electron chi connectivity index (χ0n) is 19.5. The van der Waals surface area contributed by atoms with Gasteiger partial charge in [0.25, 0.3) is 5.91 Å². The van der Waals surface area contributed by atoms with Gasteiger partial charge in [0, 0.05) is 21.3 Å². The average Bonchev–Trinajstić information content (AvgIpc) is 2.88. The van der Waals surface area contributed by atoms with E-state index >= 15 is 0 Å². The van der Waals surface area contributed by atoms with E-state index in [-0.39, 0.29) is 16.8 Å². The van der Waals surface area contributed by atoms with Gasteiger partial charge < -0.3 is 15.4 Å². The summed E-state index contributed by atoms with van der Waals surface area (Å²) in [6.07, 6.45) is 0. The van der Waals surface area contributed by atoms with Crippen molar-refractivity contribution in [2.45, 2.75) is 10.1 Å². The predicted molar refractivity (Wildman–Crippen MR) is 153 cm³/mol. The minimum Gasteiger partial charge on any atom is -0.495 e. The van der Waals surface area contributed by atoms with Gasteiger partial charge in [-0.25, -0.2) is 0 Å². The summed E-state index contributed by atoms with van der Waals surface area (Å²) >= 11 is 19.7. The first-order valence-corrected chi connectivity index (χ1v) is 13.1. The van der Waals surface area contributed by atoms with Crippen LogP contribution in [0.1, 0.15) is 21.2 Å². The Morgan fingerprint density at radius 2 is 1.49 bits per heavy atom. The van der Waals surface area contributed by atoms with E-state index in [0.29, 0.717) is 32.7 Å². The number of amides is 2. The van der Waals surface area contributed by atoms with Gasteiger partial charge in [0.15, 0.2) is 0 Å². The molecule has 0 bridgehead atoms. The molecule has 0 aliphatic carbocycles. The molecule has 4 aromatic carbocycles. The van der Waals surface area contributed by atoms with Gasteiger partial charge >= 0.3 is 0 Å². The molecule has 188 valence electrons. The van der Waals surface area contributed by atoms with E-state index in [1.807, 2.05) is 42.5 Å². The zero-order valence-corrected chi connectivity index (χ0v) is 22.6. The topological polar surface area (TPSA) is 67.4 Å². The van der Waals surface area contributed by atoms with Crippen LogP contribution in [-0.4, -0.2) is 18.9 Å². The molecule has 4 aromatic rings. The van der Waals surface area contributed by atoms with E-state index in [1.54, 1.807) is 42.5 Å². The molecule has 4 rings (SSSR count). The van der Waals surface area contributed by atoms with Gasteiger partial charge in [0.2, 0.25) is 5.91 Å². The lowest BCUT2D eigenvalue weighted by molar-refractivity contribution is -0.115. The summed E-state index contributed by atoms with van der Waals surface area (Å²) < 4.78 is 5.18. The standard InChI is InChI=1S/C28H21Cl3N2O3S/c1-36-25-14-10-20(16-24(25)31)33-28(35)26(17-5-3-2-4-6-17)37-21-11-8-19(9-12-21)32-27(34)22-13-7-18(29)15-23(22)30/h2-16,26H,1H3,(H,32,34)(H,33,35). The van der Waals surface area contributed by atoms with Crippen molar-refractivity contribution >= 4 is 69.8 Å². The van der Waals surface area contributed by atoms with Crippen LogP contribution in [0.4, 0.5) is 11.4 Å². The molecule has 0 aliphatic rings. The Morgan fingerprint density at radius 3 is 2.14 bits per heavy atom. The maximum Gasteiger partial charge on any atom is 0.257 e. The molecule has 9 heteroatoms. The molecule has 1 atom stereocenters. The van der Waals surface area contributed by atoms with E-state index in [9.17, 15) is 9.59 Å².